The number of morpholine rings is 1. The summed E-state index contributed by atoms with van der Waals surface area (Å²) in [5.74, 6) is -0.406. The van der Waals surface area contributed by atoms with Crippen LogP contribution in [0.1, 0.15) is 15.9 Å². The van der Waals surface area contributed by atoms with Crippen LogP contribution in [0.25, 0.3) is 0 Å². The monoisotopic (exact) mass is 332 g/mol. The molecule has 24 heavy (non-hydrogen) atoms. The third-order valence-electron chi connectivity index (χ3n) is 4.57. The molecule has 0 bridgehead atoms. The number of carbonyl (C=O) groups excluding carboxylic acids is 2. The Balaban J connectivity index is 1.48. The van der Waals surface area contributed by atoms with E-state index in [9.17, 15) is 9.59 Å². The third kappa shape index (κ3) is 4.04. The summed E-state index contributed by atoms with van der Waals surface area (Å²) in [4.78, 5) is 29.7. The molecule has 2 aliphatic rings. The highest BCUT2D eigenvalue weighted by atomic mass is 16.5. The van der Waals surface area contributed by atoms with Crippen LogP contribution in [0.4, 0.5) is 4.79 Å². The summed E-state index contributed by atoms with van der Waals surface area (Å²) in [6.07, 6.45) is 0. The predicted octanol–water partition coefficient (Wildman–Crippen LogP) is 0.355. The van der Waals surface area contributed by atoms with Gasteiger partial charge in [-0.1, -0.05) is 12.1 Å². The van der Waals surface area contributed by atoms with Gasteiger partial charge < -0.3 is 20.3 Å². The molecule has 0 spiro atoms. The van der Waals surface area contributed by atoms with Gasteiger partial charge in [0.1, 0.15) is 0 Å². The molecule has 2 saturated heterocycles. The van der Waals surface area contributed by atoms with Gasteiger partial charge in [0, 0.05) is 51.4 Å². The molecular formula is C17H24N4O3. The largest absolute Gasteiger partial charge is 0.378 e. The van der Waals surface area contributed by atoms with Gasteiger partial charge in [0.15, 0.2) is 0 Å². The first-order valence-electron chi connectivity index (χ1n) is 8.36. The predicted molar refractivity (Wildman–Crippen MR) is 89.6 cm³/mol. The zero-order valence-electron chi connectivity index (χ0n) is 13.8. The highest BCUT2D eigenvalue weighted by Gasteiger charge is 2.26. The van der Waals surface area contributed by atoms with Gasteiger partial charge in [0.25, 0.3) is 0 Å². The molecule has 0 aliphatic carbocycles. The van der Waals surface area contributed by atoms with E-state index in [-0.39, 0.29) is 6.03 Å². The average Bonchev–Trinajstić information content (AvgIpc) is 2.63. The molecule has 0 atom stereocenters. The molecule has 3 amide bonds. The number of hydrogen-bond acceptors (Lipinski definition) is 4. The highest BCUT2D eigenvalue weighted by Crippen LogP contribution is 2.12. The Morgan fingerprint density at radius 3 is 2.08 bits per heavy atom. The van der Waals surface area contributed by atoms with Crippen LogP contribution >= 0.6 is 0 Å². The fourth-order valence-electron chi connectivity index (χ4n) is 3.08. The summed E-state index contributed by atoms with van der Waals surface area (Å²) >= 11 is 0. The molecule has 1 aromatic rings. The number of urea groups is 1. The van der Waals surface area contributed by atoms with E-state index >= 15 is 0 Å². The van der Waals surface area contributed by atoms with Gasteiger partial charge in [0.05, 0.1) is 13.2 Å². The quantitative estimate of drug-likeness (QED) is 0.866. The van der Waals surface area contributed by atoms with Gasteiger partial charge in [-0.25, -0.2) is 4.79 Å². The fourth-order valence-corrected chi connectivity index (χ4v) is 3.08. The summed E-state index contributed by atoms with van der Waals surface area (Å²) in [7, 11) is 0. The summed E-state index contributed by atoms with van der Waals surface area (Å²) < 4.78 is 5.29. The number of carbonyl (C=O) groups is 2. The van der Waals surface area contributed by atoms with E-state index in [4.69, 9.17) is 10.5 Å². The van der Waals surface area contributed by atoms with Gasteiger partial charge in [-0.05, 0) is 17.7 Å². The lowest BCUT2D eigenvalue weighted by Crippen LogP contribution is -2.54. The lowest BCUT2D eigenvalue weighted by molar-refractivity contribution is 0.0373. The van der Waals surface area contributed by atoms with Crippen molar-refractivity contribution in [1.29, 1.82) is 0 Å². The number of ether oxygens (including phenoxy) is 1. The van der Waals surface area contributed by atoms with E-state index in [0.29, 0.717) is 31.9 Å². The van der Waals surface area contributed by atoms with Gasteiger partial charge in [0.2, 0.25) is 5.91 Å². The first-order chi connectivity index (χ1) is 11.6. The first-order valence-corrected chi connectivity index (χ1v) is 8.36. The number of primary amides is 1. The first kappa shape index (κ1) is 16.7. The Kier molecular flexibility index (Phi) is 5.32. The molecular weight excluding hydrogens is 308 g/mol. The molecule has 2 fully saturated rings. The molecule has 2 heterocycles. The Bertz CT molecular complexity index is 576. The van der Waals surface area contributed by atoms with Crippen molar-refractivity contribution in [2.45, 2.75) is 6.54 Å². The van der Waals surface area contributed by atoms with E-state index in [0.717, 1.165) is 38.3 Å². The van der Waals surface area contributed by atoms with Crippen molar-refractivity contribution in [3.05, 3.63) is 35.4 Å². The van der Waals surface area contributed by atoms with Crippen molar-refractivity contribution in [2.24, 2.45) is 5.73 Å². The van der Waals surface area contributed by atoms with Crippen LogP contribution in [0.5, 0.6) is 0 Å². The second-order valence-electron chi connectivity index (χ2n) is 6.21. The van der Waals surface area contributed by atoms with Crippen LogP contribution in [0.15, 0.2) is 24.3 Å². The van der Waals surface area contributed by atoms with Crippen molar-refractivity contribution in [3.63, 3.8) is 0 Å². The van der Waals surface area contributed by atoms with Crippen LogP contribution < -0.4 is 5.73 Å². The number of amides is 3. The van der Waals surface area contributed by atoms with Crippen LogP contribution in [-0.2, 0) is 11.3 Å². The fraction of sp³-hybridized carbons (Fsp3) is 0.529. The molecule has 7 heteroatoms. The van der Waals surface area contributed by atoms with Crippen molar-refractivity contribution in [3.8, 4) is 0 Å². The van der Waals surface area contributed by atoms with E-state index in [2.05, 4.69) is 4.90 Å². The standard InChI is InChI=1S/C17H24N4O3/c18-16(22)15-3-1-14(2-4-15)13-19-5-7-20(8-6-19)17(23)21-9-11-24-12-10-21/h1-4H,5-13H2,(H2,18,22). The van der Waals surface area contributed by atoms with Gasteiger partial charge in [-0.2, -0.15) is 0 Å². The Hall–Kier alpha value is -2.12. The van der Waals surface area contributed by atoms with Crippen LogP contribution in [-0.4, -0.2) is 79.1 Å². The van der Waals surface area contributed by atoms with Crippen molar-refractivity contribution in [2.75, 3.05) is 52.5 Å². The molecule has 0 unspecified atom stereocenters. The number of rotatable bonds is 3. The summed E-state index contributed by atoms with van der Waals surface area (Å²) in [6.45, 7) is 6.65. The number of nitrogens with zero attached hydrogens (tertiary/aromatic N) is 3. The number of piperazine rings is 1. The van der Waals surface area contributed by atoms with Gasteiger partial charge >= 0.3 is 6.03 Å². The minimum Gasteiger partial charge on any atom is -0.378 e. The summed E-state index contributed by atoms with van der Waals surface area (Å²) in [5.41, 5.74) is 6.93. The van der Waals surface area contributed by atoms with Crippen LogP contribution in [0.3, 0.4) is 0 Å². The van der Waals surface area contributed by atoms with Crippen LogP contribution in [0.2, 0.25) is 0 Å². The number of hydrogen-bond donors (Lipinski definition) is 1. The molecule has 2 N–H and O–H groups in total. The third-order valence-corrected chi connectivity index (χ3v) is 4.57. The second kappa shape index (κ2) is 7.63. The normalized spacial score (nSPS) is 19.3. The molecule has 7 nitrogen and oxygen atoms in total. The zero-order chi connectivity index (χ0) is 16.9. The van der Waals surface area contributed by atoms with Crippen molar-refractivity contribution in [1.82, 2.24) is 14.7 Å². The van der Waals surface area contributed by atoms with Crippen LogP contribution in [0, 0.1) is 0 Å². The Labute approximate surface area is 141 Å². The molecule has 130 valence electrons. The van der Waals surface area contributed by atoms with E-state index in [1.54, 1.807) is 12.1 Å². The second-order valence-corrected chi connectivity index (χ2v) is 6.21. The SMILES string of the molecule is NC(=O)c1ccc(CN2CCN(C(=O)N3CCOCC3)CC2)cc1. The smallest absolute Gasteiger partial charge is 0.320 e. The molecule has 0 aromatic heterocycles. The average molecular weight is 332 g/mol. The lowest BCUT2D eigenvalue weighted by Gasteiger charge is -2.38. The molecule has 2 aliphatic heterocycles. The molecule has 0 saturated carbocycles. The van der Waals surface area contributed by atoms with Crippen molar-refractivity contribution < 1.29 is 14.3 Å². The molecule has 0 radical (unpaired) electrons. The topological polar surface area (TPSA) is 79.1 Å². The van der Waals surface area contributed by atoms with Crippen molar-refractivity contribution >= 4 is 11.9 Å². The van der Waals surface area contributed by atoms with E-state index < -0.39 is 5.91 Å². The van der Waals surface area contributed by atoms with E-state index in [1.807, 2.05) is 21.9 Å². The zero-order valence-corrected chi connectivity index (χ0v) is 13.8. The maximum absolute atomic E-state index is 12.5. The highest BCUT2D eigenvalue weighted by molar-refractivity contribution is 5.92. The molecule has 1 aromatic carbocycles. The number of nitrogens with two attached hydrogens (primary N) is 1. The summed E-state index contributed by atoms with van der Waals surface area (Å²) in [6, 6.07) is 7.52. The maximum Gasteiger partial charge on any atom is 0.320 e. The van der Waals surface area contributed by atoms with E-state index in [1.165, 1.54) is 0 Å². The summed E-state index contributed by atoms with van der Waals surface area (Å²) in [5, 5.41) is 0. The Morgan fingerprint density at radius 2 is 1.50 bits per heavy atom. The van der Waals surface area contributed by atoms with Gasteiger partial charge in [-0.3, -0.25) is 9.69 Å². The maximum atomic E-state index is 12.5. The lowest BCUT2D eigenvalue weighted by atomic mass is 10.1. The minimum absolute atomic E-state index is 0.128. The minimum atomic E-state index is -0.406. The van der Waals surface area contributed by atoms with Gasteiger partial charge in [-0.15, -0.1) is 0 Å². The molecule has 3 rings (SSSR count). The number of benzene rings is 1. The Morgan fingerprint density at radius 1 is 0.917 bits per heavy atom.